The van der Waals surface area contributed by atoms with Gasteiger partial charge in [0, 0.05) is 0 Å². The number of carbonyl (C=O) groups is 1. The van der Waals surface area contributed by atoms with Crippen LogP contribution in [0.4, 0.5) is 0 Å². The van der Waals surface area contributed by atoms with Crippen molar-refractivity contribution in [2.45, 2.75) is 13.3 Å². The zero-order valence-corrected chi connectivity index (χ0v) is 8.47. The summed E-state index contributed by atoms with van der Waals surface area (Å²) in [5.41, 5.74) is 0.235. The fourth-order valence-corrected chi connectivity index (χ4v) is 0.826. The normalized spacial score (nSPS) is 12.8. The molecule has 0 heterocycles. The maximum Gasteiger partial charge on any atom is 0.335 e. The van der Waals surface area contributed by atoms with E-state index in [-0.39, 0.29) is 5.57 Å². The van der Waals surface area contributed by atoms with Gasteiger partial charge in [0.25, 0.3) is 0 Å². The maximum absolute atomic E-state index is 10.6. The fourth-order valence-electron chi connectivity index (χ4n) is 0.579. The van der Waals surface area contributed by atoms with E-state index in [4.69, 9.17) is 5.11 Å². The number of halogens is 1. The standard InChI is InChI=1S/C9H11BrO2/c1-3-5-7(9(11)12)6-8(10)4-2/h3,5-6H,1,4H2,2H3,(H,11,12)/b7-5+,8-6+. The van der Waals surface area contributed by atoms with Crippen molar-refractivity contribution in [3.05, 3.63) is 34.9 Å². The van der Waals surface area contributed by atoms with Crippen molar-refractivity contribution in [3.63, 3.8) is 0 Å². The van der Waals surface area contributed by atoms with E-state index in [1.54, 1.807) is 6.08 Å². The molecule has 0 rings (SSSR count). The van der Waals surface area contributed by atoms with Crippen molar-refractivity contribution in [2.24, 2.45) is 0 Å². The zero-order chi connectivity index (χ0) is 9.56. The molecule has 1 N–H and O–H groups in total. The summed E-state index contributed by atoms with van der Waals surface area (Å²) < 4.78 is 0.859. The summed E-state index contributed by atoms with van der Waals surface area (Å²) >= 11 is 3.24. The molecule has 2 nitrogen and oxygen atoms in total. The van der Waals surface area contributed by atoms with Crippen LogP contribution in [0.1, 0.15) is 13.3 Å². The minimum atomic E-state index is -0.944. The van der Waals surface area contributed by atoms with E-state index in [9.17, 15) is 4.79 Å². The number of rotatable bonds is 4. The molecular weight excluding hydrogens is 220 g/mol. The van der Waals surface area contributed by atoms with Crippen LogP contribution < -0.4 is 0 Å². The highest BCUT2D eigenvalue weighted by Gasteiger charge is 2.02. The Hall–Kier alpha value is -0.830. The first-order chi connectivity index (χ1) is 5.61. The van der Waals surface area contributed by atoms with Gasteiger partial charge in [0.05, 0.1) is 5.57 Å². The molecule has 0 saturated carbocycles. The Kier molecular flexibility index (Phi) is 5.37. The first kappa shape index (κ1) is 11.2. The van der Waals surface area contributed by atoms with Crippen LogP contribution in [0.2, 0.25) is 0 Å². The summed E-state index contributed by atoms with van der Waals surface area (Å²) in [6, 6.07) is 0. The number of allylic oxidation sites excluding steroid dienone is 3. The highest BCUT2D eigenvalue weighted by molar-refractivity contribution is 9.11. The van der Waals surface area contributed by atoms with Gasteiger partial charge in [0.1, 0.15) is 0 Å². The van der Waals surface area contributed by atoms with Crippen LogP contribution in [0.25, 0.3) is 0 Å². The van der Waals surface area contributed by atoms with Crippen molar-refractivity contribution in [3.8, 4) is 0 Å². The monoisotopic (exact) mass is 230 g/mol. The number of aliphatic carboxylic acids is 1. The highest BCUT2D eigenvalue weighted by atomic mass is 79.9. The van der Waals surface area contributed by atoms with E-state index in [1.165, 1.54) is 12.2 Å². The Morgan fingerprint density at radius 3 is 2.58 bits per heavy atom. The van der Waals surface area contributed by atoms with E-state index in [2.05, 4.69) is 22.5 Å². The molecule has 0 saturated heterocycles. The molecule has 0 fully saturated rings. The van der Waals surface area contributed by atoms with Crippen molar-refractivity contribution in [1.29, 1.82) is 0 Å². The van der Waals surface area contributed by atoms with Crippen LogP contribution in [-0.2, 0) is 4.79 Å². The largest absolute Gasteiger partial charge is 0.478 e. The Labute approximate surface area is 80.4 Å². The van der Waals surface area contributed by atoms with Crippen LogP contribution in [0.5, 0.6) is 0 Å². The first-order valence-corrected chi connectivity index (χ1v) is 4.33. The predicted molar refractivity (Wildman–Crippen MR) is 53.2 cm³/mol. The van der Waals surface area contributed by atoms with Gasteiger partial charge in [-0.2, -0.15) is 0 Å². The molecule has 0 bridgehead atoms. The average Bonchev–Trinajstić information content (AvgIpc) is 2.03. The Balaban J connectivity index is 4.66. The van der Waals surface area contributed by atoms with E-state index in [0.29, 0.717) is 0 Å². The summed E-state index contributed by atoms with van der Waals surface area (Å²) in [5, 5.41) is 8.67. The Morgan fingerprint density at radius 2 is 2.25 bits per heavy atom. The van der Waals surface area contributed by atoms with Crippen LogP contribution in [0.15, 0.2) is 34.9 Å². The second-order valence-electron chi connectivity index (χ2n) is 2.11. The van der Waals surface area contributed by atoms with Crippen molar-refractivity contribution in [1.82, 2.24) is 0 Å². The summed E-state index contributed by atoms with van der Waals surface area (Å²) in [4.78, 5) is 10.6. The van der Waals surface area contributed by atoms with Crippen LogP contribution >= 0.6 is 15.9 Å². The molecule has 0 aromatic carbocycles. The molecule has 0 aliphatic carbocycles. The van der Waals surface area contributed by atoms with Gasteiger partial charge >= 0.3 is 5.97 Å². The predicted octanol–water partition coefficient (Wildman–Crippen LogP) is 2.87. The molecule has 0 aliphatic heterocycles. The summed E-state index contributed by atoms with van der Waals surface area (Å²) in [5.74, 6) is -0.944. The molecule has 0 spiro atoms. The van der Waals surface area contributed by atoms with Crippen LogP contribution in [-0.4, -0.2) is 11.1 Å². The summed E-state index contributed by atoms with van der Waals surface area (Å²) in [7, 11) is 0. The average molecular weight is 231 g/mol. The molecule has 0 atom stereocenters. The molecule has 0 amide bonds. The van der Waals surface area contributed by atoms with E-state index < -0.39 is 5.97 Å². The third kappa shape index (κ3) is 4.13. The van der Waals surface area contributed by atoms with Gasteiger partial charge in [0.2, 0.25) is 0 Å². The Bertz CT molecular complexity index is 239. The highest BCUT2D eigenvalue weighted by Crippen LogP contribution is 2.13. The number of hydrogen-bond donors (Lipinski definition) is 1. The SMILES string of the molecule is C=C/C=C(\C=C(\Br)CC)C(=O)O. The molecule has 0 aromatic rings. The van der Waals surface area contributed by atoms with Crippen molar-refractivity contribution < 1.29 is 9.90 Å². The fraction of sp³-hybridized carbons (Fsp3) is 0.222. The van der Waals surface area contributed by atoms with Gasteiger partial charge in [-0.05, 0) is 23.1 Å². The molecule has 0 aliphatic rings. The van der Waals surface area contributed by atoms with E-state index in [0.717, 1.165) is 10.9 Å². The summed E-state index contributed by atoms with van der Waals surface area (Å²) in [6.45, 7) is 5.37. The lowest BCUT2D eigenvalue weighted by Crippen LogP contribution is -1.97. The van der Waals surface area contributed by atoms with Crippen LogP contribution in [0.3, 0.4) is 0 Å². The number of carboxylic acid groups (broad SMARTS) is 1. The smallest absolute Gasteiger partial charge is 0.335 e. The number of carboxylic acids is 1. The van der Waals surface area contributed by atoms with Gasteiger partial charge < -0.3 is 5.11 Å². The van der Waals surface area contributed by atoms with Gasteiger partial charge in [-0.3, -0.25) is 0 Å². The van der Waals surface area contributed by atoms with Crippen molar-refractivity contribution in [2.75, 3.05) is 0 Å². The third-order valence-corrected chi connectivity index (χ3v) is 1.98. The molecule has 66 valence electrons. The maximum atomic E-state index is 10.6. The number of hydrogen-bond acceptors (Lipinski definition) is 1. The minimum Gasteiger partial charge on any atom is -0.478 e. The lowest BCUT2D eigenvalue weighted by Gasteiger charge is -1.94. The summed E-state index contributed by atoms with van der Waals surface area (Å²) in [6.07, 6.45) is 5.26. The lowest BCUT2D eigenvalue weighted by molar-refractivity contribution is -0.132. The minimum absolute atomic E-state index is 0.235. The van der Waals surface area contributed by atoms with Gasteiger partial charge in [-0.15, -0.1) is 0 Å². The van der Waals surface area contributed by atoms with Gasteiger partial charge in [-0.1, -0.05) is 35.5 Å². The quantitative estimate of drug-likeness (QED) is 0.596. The zero-order valence-electron chi connectivity index (χ0n) is 6.88. The van der Waals surface area contributed by atoms with Gasteiger partial charge in [-0.25, -0.2) is 4.79 Å². The molecular formula is C9H11BrO2. The van der Waals surface area contributed by atoms with Crippen LogP contribution in [0, 0.1) is 0 Å². The van der Waals surface area contributed by atoms with E-state index >= 15 is 0 Å². The molecule has 3 heteroatoms. The van der Waals surface area contributed by atoms with Gasteiger partial charge in [0.15, 0.2) is 0 Å². The molecule has 0 aromatic heterocycles. The third-order valence-electron chi connectivity index (χ3n) is 1.19. The second kappa shape index (κ2) is 5.77. The molecule has 0 unspecified atom stereocenters. The molecule has 12 heavy (non-hydrogen) atoms. The molecule has 0 radical (unpaired) electrons. The Morgan fingerprint density at radius 1 is 1.67 bits per heavy atom. The van der Waals surface area contributed by atoms with Crippen molar-refractivity contribution >= 4 is 21.9 Å². The van der Waals surface area contributed by atoms with E-state index in [1.807, 2.05) is 6.92 Å². The first-order valence-electron chi connectivity index (χ1n) is 3.53. The second-order valence-corrected chi connectivity index (χ2v) is 3.13. The lowest BCUT2D eigenvalue weighted by atomic mass is 10.2. The topological polar surface area (TPSA) is 37.3 Å².